The molecule has 0 fully saturated rings. The average molecular weight is 215 g/mol. The fourth-order valence-electron chi connectivity index (χ4n) is 1.16. The van der Waals surface area contributed by atoms with Crippen molar-refractivity contribution in [3.05, 3.63) is 29.7 Å². The lowest BCUT2D eigenvalue weighted by atomic mass is 10.1. The summed E-state index contributed by atoms with van der Waals surface area (Å²) >= 11 is 0. The zero-order valence-electron chi connectivity index (χ0n) is 7.23. The fourth-order valence-corrected chi connectivity index (χ4v) is 1.16. The van der Waals surface area contributed by atoms with E-state index >= 15 is 0 Å². The summed E-state index contributed by atoms with van der Waals surface area (Å²) in [5.41, 5.74) is 1.50. The maximum atomic E-state index is 2.27. The van der Waals surface area contributed by atoms with E-state index in [1.54, 1.807) is 0 Å². The molecule has 0 N–H and O–H groups in total. The molecule has 0 amide bonds. The van der Waals surface area contributed by atoms with Gasteiger partial charge in [0.25, 0.3) is 0 Å². The molecule has 0 heterocycles. The minimum Gasteiger partial charge on any atom is -1.00 e. The molecule has 62 valence electrons. The molecule has 0 saturated carbocycles. The van der Waals surface area contributed by atoms with Crippen molar-refractivity contribution in [2.45, 2.75) is 33.1 Å². The van der Waals surface area contributed by atoms with Gasteiger partial charge >= 0.3 is 0 Å². The Hall–Kier alpha value is -0.170. The molecule has 0 bridgehead atoms. The van der Waals surface area contributed by atoms with Crippen molar-refractivity contribution in [2.24, 2.45) is 0 Å². The zero-order valence-corrected chi connectivity index (χ0v) is 8.82. The predicted molar refractivity (Wildman–Crippen MR) is 45.7 cm³/mol. The molecule has 0 aromatic rings. The van der Waals surface area contributed by atoms with Crippen molar-refractivity contribution < 1.29 is 17.0 Å². The number of hydrogen-bond donors (Lipinski definition) is 0. The van der Waals surface area contributed by atoms with Gasteiger partial charge in [0.1, 0.15) is 0 Å². The van der Waals surface area contributed by atoms with Crippen LogP contribution in [0.1, 0.15) is 33.1 Å². The van der Waals surface area contributed by atoms with E-state index in [-0.39, 0.29) is 17.0 Å². The second-order valence-electron chi connectivity index (χ2n) is 2.90. The van der Waals surface area contributed by atoms with E-state index in [2.05, 4.69) is 32.1 Å². The first-order valence-electron chi connectivity index (χ1n) is 4.05. The van der Waals surface area contributed by atoms with Crippen LogP contribution in [0.3, 0.4) is 0 Å². The smallest absolute Gasteiger partial charge is 0.0934 e. The Kier molecular flexibility index (Phi) is 5.39. The molecule has 1 aliphatic carbocycles. The van der Waals surface area contributed by atoms with E-state index < -0.39 is 0 Å². The van der Waals surface area contributed by atoms with Gasteiger partial charge in [0.05, 0.1) is 29.7 Å². The highest BCUT2D eigenvalue weighted by Gasteiger charge is 2.12. The van der Waals surface area contributed by atoms with Crippen molar-refractivity contribution in [1.82, 2.24) is 0 Å². The van der Waals surface area contributed by atoms with Crippen molar-refractivity contribution in [1.29, 1.82) is 0 Å². The number of halogens is 1. The Morgan fingerprint density at radius 1 is 1.45 bits per heavy atom. The maximum Gasteiger partial charge on any atom is 0.0934 e. The molecule has 11 heavy (non-hydrogen) atoms. The lowest BCUT2D eigenvalue weighted by Crippen LogP contribution is -3.00. The van der Waals surface area contributed by atoms with Gasteiger partial charge in [-0.1, -0.05) is 13.3 Å². The minimum atomic E-state index is 0. The topological polar surface area (TPSA) is 0 Å². The lowest BCUT2D eigenvalue weighted by molar-refractivity contribution is -0.00000221. The Balaban J connectivity index is 0.000001000. The number of unbranched alkanes of at least 4 members (excludes halogenated alkanes) is 1. The second-order valence-corrected chi connectivity index (χ2v) is 2.90. The lowest BCUT2D eigenvalue weighted by Gasteiger charge is -1.88. The third-order valence-electron chi connectivity index (χ3n) is 1.79. The summed E-state index contributed by atoms with van der Waals surface area (Å²) < 4.78 is 0. The molecule has 0 spiro atoms. The predicted octanol–water partition coefficient (Wildman–Crippen LogP) is 0.271. The van der Waals surface area contributed by atoms with Crippen molar-refractivity contribution in [3.8, 4) is 0 Å². The van der Waals surface area contributed by atoms with Gasteiger partial charge in [-0.15, -0.1) is 0 Å². The number of rotatable bonds is 3. The van der Waals surface area contributed by atoms with Crippen molar-refractivity contribution in [3.63, 3.8) is 0 Å². The Bertz CT molecular complexity index is 156. The van der Waals surface area contributed by atoms with Crippen LogP contribution < -0.4 is 17.0 Å². The van der Waals surface area contributed by atoms with Gasteiger partial charge in [-0.3, -0.25) is 0 Å². The summed E-state index contributed by atoms with van der Waals surface area (Å²) in [6.07, 6.45) is 10.6. The summed E-state index contributed by atoms with van der Waals surface area (Å²) in [7, 11) is 0. The molecule has 0 nitrogen and oxygen atoms in total. The molecule has 0 saturated heterocycles. The van der Waals surface area contributed by atoms with Gasteiger partial charge in [0.2, 0.25) is 0 Å². The van der Waals surface area contributed by atoms with Crippen molar-refractivity contribution in [2.75, 3.05) is 0 Å². The van der Waals surface area contributed by atoms with Gasteiger partial charge in [-0.05, 0) is 6.42 Å². The van der Waals surface area contributed by atoms with E-state index in [9.17, 15) is 0 Å². The Morgan fingerprint density at radius 3 is 2.64 bits per heavy atom. The van der Waals surface area contributed by atoms with E-state index in [0.717, 1.165) is 0 Å². The molecule has 1 aliphatic rings. The minimum absolute atomic E-state index is 0. The van der Waals surface area contributed by atoms with E-state index in [1.807, 2.05) is 0 Å². The number of hydrogen-bond acceptors (Lipinski definition) is 0. The highest BCUT2D eigenvalue weighted by molar-refractivity contribution is 5.39. The molecule has 0 aliphatic heterocycles. The van der Waals surface area contributed by atoms with E-state index in [0.29, 0.717) is 0 Å². The van der Waals surface area contributed by atoms with Gasteiger partial charge < -0.3 is 17.0 Å². The quantitative estimate of drug-likeness (QED) is 0.593. The summed E-state index contributed by atoms with van der Waals surface area (Å²) in [5.74, 6) is 1.39. The largest absolute Gasteiger partial charge is 1.00 e. The molecule has 0 atom stereocenters. The van der Waals surface area contributed by atoms with Crippen LogP contribution in [0.2, 0.25) is 0 Å². The molecule has 1 rings (SSSR count). The Morgan fingerprint density at radius 2 is 2.18 bits per heavy atom. The normalized spacial score (nSPS) is 14.7. The monoisotopic (exact) mass is 214 g/mol. The van der Waals surface area contributed by atoms with E-state index in [4.69, 9.17) is 0 Å². The van der Waals surface area contributed by atoms with Crippen LogP contribution in [0.5, 0.6) is 0 Å². The molecule has 0 radical (unpaired) electrons. The molecule has 0 aromatic heterocycles. The summed E-state index contributed by atoms with van der Waals surface area (Å²) in [6.45, 7) is 4.38. The van der Waals surface area contributed by atoms with Crippen LogP contribution in [0.15, 0.2) is 23.8 Å². The second kappa shape index (κ2) is 5.48. The highest BCUT2D eigenvalue weighted by Crippen LogP contribution is 2.20. The van der Waals surface area contributed by atoms with E-state index in [1.165, 1.54) is 30.8 Å². The SMILES string of the molecule is CCCCC1=C[C+](C)C=C1.[Br-]. The standard InChI is InChI=1S/C10H15.BrH/c1-3-4-5-10-7-6-9(2)8-10;/h6-8H,3-5H2,1-2H3;1H/q+1;/p-1. The van der Waals surface area contributed by atoms with Crippen LogP contribution in [-0.4, -0.2) is 0 Å². The molecular weight excluding hydrogens is 200 g/mol. The van der Waals surface area contributed by atoms with Gasteiger partial charge in [-0.25, -0.2) is 0 Å². The highest BCUT2D eigenvalue weighted by atomic mass is 79.9. The fraction of sp³-hybridized carbons (Fsp3) is 0.500. The first-order chi connectivity index (χ1) is 4.83. The average Bonchev–Trinajstić information content (AvgIpc) is 2.31. The third kappa shape index (κ3) is 3.66. The molecule has 1 heteroatoms. The molecule has 0 unspecified atom stereocenters. The Labute approximate surface area is 80.2 Å². The van der Waals surface area contributed by atoms with Gasteiger partial charge in [-0.2, -0.15) is 0 Å². The maximum absolute atomic E-state index is 2.27. The van der Waals surface area contributed by atoms with Gasteiger partial charge in [0.15, 0.2) is 0 Å². The summed E-state index contributed by atoms with van der Waals surface area (Å²) in [6, 6.07) is 0. The molecular formula is C10H15Br. The van der Waals surface area contributed by atoms with Gasteiger partial charge in [0, 0.05) is 13.3 Å². The van der Waals surface area contributed by atoms with Crippen molar-refractivity contribution >= 4 is 0 Å². The zero-order chi connectivity index (χ0) is 7.40. The summed E-state index contributed by atoms with van der Waals surface area (Å²) in [4.78, 5) is 0. The molecule has 0 aromatic carbocycles. The van der Waals surface area contributed by atoms with Crippen LogP contribution in [-0.2, 0) is 0 Å². The first-order valence-corrected chi connectivity index (χ1v) is 4.05. The van der Waals surface area contributed by atoms with Crippen LogP contribution in [0, 0.1) is 5.92 Å². The summed E-state index contributed by atoms with van der Waals surface area (Å²) in [5, 5.41) is 0. The van der Waals surface area contributed by atoms with Crippen LogP contribution >= 0.6 is 0 Å². The number of allylic oxidation sites excluding steroid dienone is 4. The third-order valence-corrected chi connectivity index (χ3v) is 1.79. The first kappa shape index (κ1) is 10.8. The van der Waals surface area contributed by atoms with Crippen LogP contribution in [0.4, 0.5) is 0 Å². The van der Waals surface area contributed by atoms with Crippen LogP contribution in [0.25, 0.3) is 0 Å².